The Morgan fingerprint density at radius 2 is 2.10 bits per heavy atom. The van der Waals surface area contributed by atoms with E-state index in [1.54, 1.807) is 4.90 Å². The lowest BCUT2D eigenvalue weighted by Crippen LogP contribution is -2.40. The zero-order chi connectivity index (χ0) is 14.8. The van der Waals surface area contributed by atoms with Crippen LogP contribution in [-0.2, 0) is 14.3 Å². The van der Waals surface area contributed by atoms with Gasteiger partial charge in [-0.25, -0.2) is 0 Å². The minimum absolute atomic E-state index is 0.00859. The van der Waals surface area contributed by atoms with Gasteiger partial charge in [0.2, 0.25) is 5.91 Å². The molecule has 1 aliphatic rings. The first-order chi connectivity index (χ1) is 9.63. The molecular weight excluding hydrogens is 278 g/mol. The van der Waals surface area contributed by atoms with Gasteiger partial charge in [0, 0.05) is 46.3 Å². The summed E-state index contributed by atoms with van der Waals surface area (Å²) < 4.78 is 10.2. The molecule has 1 fully saturated rings. The highest BCUT2D eigenvalue weighted by Crippen LogP contribution is 2.01. The molecule has 0 atom stereocenters. The van der Waals surface area contributed by atoms with E-state index in [9.17, 15) is 4.79 Å². The number of rotatable bonds is 9. The zero-order valence-electron chi connectivity index (χ0n) is 12.2. The number of nitrogens with zero attached hydrogens (tertiary/aromatic N) is 2. The van der Waals surface area contributed by atoms with Crippen LogP contribution in [-0.4, -0.2) is 80.3 Å². The summed E-state index contributed by atoms with van der Waals surface area (Å²) in [6.07, 6.45) is 1.50. The summed E-state index contributed by atoms with van der Waals surface area (Å²) in [5.74, 6) is -0.00859. The molecule has 1 saturated heterocycles. The summed E-state index contributed by atoms with van der Waals surface area (Å²) in [6, 6.07) is 0. The number of ether oxygens (including phenoxy) is 2. The van der Waals surface area contributed by atoms with Gasteiger partial charge in [0.15, 0.2) is 0 Å². The summed E-state index contributed by atoms with van der Waals surface area (Å²) in [4.78, 5) is 16.5. The van der Waals surface area contributed by atoms with Crippen molar-refractivity contribution in [1.29, 1.82) is 0 Å². The fourth-order valence-corrected chi connectivity index (χ4v) is 2.22. The van der Waals surface area contributed by atoms with Gasteiger partial charge in [-0.15, -0.1) is 0 Å². The lowest BCUT2D eigenvalue weighted by Gasteiger charge is -2.28. The molecule has 0 aromatic heterocycles. The third-order valence-corrected chi connectivity index (χ3v) is 3.46. The fourth-order valence-electron chi connectivity index (χ4n) is 2.13. The molecule has 0 aromatic rings. The van der Waals surface area contributed by atoms with E-state index in [1.165, 1.54) is 7.11 Å². The molecule has 20 heavy (non-hydrogen) atoms. The minimum atomic E-state index is -0.00859. The molecule has 1 rings (SSSR count). The fraction of sp³-hybridized carbons (Fsp3) is 0.846. The molecule has 7 heteroatoms. The molecule has 2 N–H and O–H groups in total. The first kappa shape index (κ1) is 17.3. The smallest absolute Gasteiger partial charge is 0.248 e. The SMILES string of the molecule is COCC(=O)N(CCCN1CCOCC1)CCC(N)=S. The third kappa shape index (κ3) is 7.14. The first-order valence-corrected chi connectivity index (χ1v) is 7.39. The Labute approximate surface area is 126 Å². The highest BCUT2D eigenvalue weighted by molar-refractivity contribution is 7.80. The van der Waals surface area contributed by atoms with E-state index in [4.69, 9.17) is 27.4 Å². The number of methoxy groups -OCH3 is 1. The van der Waals surface area contributed by atoms with Gasteiger partial charge in [-0.1, -0.05) is 12.2 Å². The molecule has 0 aliphatic carbocycles. The molecule has 6 nitrogen and oxygen atoms in total. The van der Waals surface area contributed by atoms with Crippen LogP contribution in [0.4, 0.5) is 0 Å². The van der Waals surface area contributed by atoms with Crippen LogP contribution in [0, 0.1) is 0 Å². The molecule has 0 aromatic carbocycles. The lowest BCUT2D eigenvalue weighted by molar-refractivity contribution is -0.135. The van der Waals surface area contributed by atoms with Crippen molar-refractivity contribution < 1.29 is 14.3 Å². The molecule has 1 heterocycles. The van der Waals surface area contributed by atoms with Crippen LogP contribution < -0.4 is 5.73 Å². The number of carbonyl (C=O) groups excluding carboxylic acids is 1. The lowest BCUT2D eigenvalue weighted by atomic mass is 10.3. The Kier molecular flexibility index (Phi) is 8.68. The average Bonchev–Trinajstić information content (AvgIpc) is 2.43. The van der Waals surface area contributed by atoms with Crippen molar-refractivity contribution in [2.75, 3.05) is 59.7 Å². The highest BCUT2D eigenvalue weighted by Gasteiger charge is 2.15. The van der Waals surface area contributed by atoms with Gasteiger partial charge in [-0.2, -0.15) is 0 Å². The first-order valence-electron chi connectivity index (χ1n) is 6.98. The van der Waals surface area contributed by atoms with E-state index in [0.717, 1.165) is 39.3 Å². The number of amides is 1. The van der Waals surface area contributed by atoms with Crippen molar-refractivity contribution >= 4 is 23.1 Å². The molecule has 0 unspecified atom stereocenters. The van der Waals surface area contributed by atoms with Gasteiger partial charge < -0.3 is 20.1 Å². The summed E-state index contributed by atoms with van der Waals surface area (Å²) in [6.45, 7) is 5.91. The second-order valence-corrected chi connectivity index (χ2v) is 5.36. The van der Waals surface area contributed by atoms with E-state index in [0.29, 0.717) is 24.5 Å². The van der Waals surface area contributed by atoms with Gasteiger partial charge in [0.05, 0.1) is 18.2 Å². The second kappa shape index (κ2) is 10.0. The summed E-state index contributed by atoms with van der Waals surface area (Å²) in [5, 5.41) is 0. The maximum atomic E-state index is 11.9. The molecule has 0 bridgehead atoms. The van der Waals surface area contributed by atoms with Gasteiger partial charge in [-0.05, 0) is 6.42 Å². The summed E-state index contributed by atoms with van der Waals surface area (Å²) in [7, 11) is 1.53. The van der Waals surface area contributed by atoms with Crippen LogP contribution in [0.25, 0.3) is 0 Å². The Morgan fingerprint density at radius 1 is 1.40 bits per heavy atom. The van der Waals surface area contributed by atoms with Crippen molar-refractivity contribution in [2.45, 2.75) is 12.8 Å². The maximum Gasteiger partial charge on any atom is 0.248 e. The van der Waals surface area contributed by atoms with Crippen molar-refractivity contribution in [3.8, 4) is 0 Å². The number of carbonyl (C=O) groups is 1. The van der Waals surface area contributed by atoms with Gasteiger partial charge in [0.1, 0.15) is 6.61 Å². The average molecular weight is 303 g/mol. The summed E-state index contributed by atoms with van der Waals surface area (Å²) in [5.41, 5.74) is 5.50. The monoisotopic (exact) mass is 303 g/mol. The van der Waals surface area contributed by atoms with E-state index in [1.807, 2.05) is 0 Å². The highest BCUT2D eigenvalue weighted by atomic mass is 32.1. The molecule has 1 amide bonds. The molecule has 1 aliphatic heterocycles. The third-order valence-electron chi connectivity index (χ3n) is 3.25. The van der Waals surface area contributed by atoms with E-state index in [2.05, 4.69) is 4.90 Å². The Balaban J connectivity index is 2.30. The summed E-state index contributed by atoms with van der Waals surface area (Å²) >= 11 is 4.87. The van der Waals surface area contributed by atoms with Gasteiger partial charge >= 0.3 is 0 Å². The van der Waals surface area contributed by atoms with Crippen molar-refractivity contribution in [2.24, 2.45) is 5.73 Å². The normalized spacial score (nSPS) is 16.1. The molecule has 0 spiro atoms. The topological polar surface area (TPSA) is 68.0 Å². The Morgan fingerprint density at radius 3 is 2.70 bits per heavy atom. The Hall–Kier alpha value is -0.760. The largest absolute Gasteiger partial charge is 0.393 e. The number of hydrogen-bond acceptors (Lipinski definition) is 5. The maximum absolute atomic E-state index is 11.9. The minimum Gasteiger partial charge on any atom is -0.393 e. The Bertz CT molecular complexity index is 309. The van der Waals surface area contributed by atoms with Crippen LogP contribution in [0.3, 0.4) is 0 Å². The molecule has 116 valence electrons. The number of hydrogen-bond donors (Lipinski definition) is 1. The second-order valence-electron chi connectivity index (χ2n) is 4.84. The van der Waals surface area contributed by atoms with E-state index in [-0.39, 0.29) is 12.5 Å². The molecule has 0 radical (unpaired) electrons. The van der Waals surface area contributed by atoms with Gasteiger partial charge in [-0.3, -0.25) is 9.69 Å². The zero-order valence-corrected chi connectivity index (χ0v) is 13.0. The predicted molar refractivity (Wildman–Crippen MR) is 81.7 cm³/mol. The standard InChI is InChI=1S/C13H25N3O3S/c1-18-11-13(17)16(6-3-12(14)20)5-2-4-15-7-9-19-10-8-15/h2-11H2,1H3,(H2,14,20). The van der Waals surface area contributed by atoms with Crippen molar-refractivity contribution in [1.82, 2.24) is 9.80 Å². The quantitative estimate of drug-likeness (QED) is 0.598. The number of thiocarbonyl (C=S) groups is 1. The van der Waals surface area contributed by atoms with Crippen LogP contribution in [0.1, 0.15) is 12.8 Å². The van der Waals surface area contributed by atoms with Crippen LogP contribution >= 0.6 is 12.2 Å². The van der Waals surface area contributed by atoms with Crippen molar-refractivity contribution in [3.05, 3.63) is 0 Å². The predicted octanol–water partition coefficient (Wildman–Crippen LogP) is -0.140. The molecular formula is C13H25N3O3S. The number of morpholine rings is 1. The van der Waals surface area contributed by atoms with Crippen LogP contribution in [0.15, 0.2) is 0 Å². The molecule has 0 saturated carbocycles. The van der Waals surface area contributed by atoms with Gasteiger partial charge in [0.25, 0.3) is 0 Å². The van der Waals surface area contributed by atoms with Crippen LogP contribution in [0.2, 0.25) is 0 Å². The van der Waals surface area contributed by atoms with E-state index >= 15 is 0 Å². The van der Waals surface area contributed by atoms with Crippen LogP contribution in [0.5, 0.6) is 0 Å². The van der Waals surface area contributed by atoms with E-state index < -0.39 is 0 Å². The van der Waals surface area contributed by atoms with Crippen molar-refractivity contribution in [3.63, 3.8) is 0 Å². The number of nitrogens with two attached hydrogens (primary N) is 1.